The van der Waals surface area contributed by atoms with E-state index in [1.165, 1.54) is 0 Å². The number of methoxy groups -OCH3 is 1. The molecule has 4 nitrogen and oxygen atoms in total. The van der Waals surface area contributed by atoms with Crippen molar-refractivity contribution < 1.29 is 14.6 Å². The highest BCUT2D eigenvalue weighted by molar-refractivity contribution is 5.76. The zero-order chi connectivity index (χ0) is 17.2. The number of amides is 1. The molecule has 132 valence electrons. The Bertz CT molecular complexity index is 571. The fraction of sp³-hybridized carbons (Fsp3) is 0.650. The summed E-state index contributed by atoms with van der Waals surface area (Å²) in [6.07, 6.45) is 6.09. The van der Waals surface area contributed by atoms with Crippen molar-refractivity contribution in [2.45, 2.75) is 57.5 Å². The molecule has 2 fully saturated rings. The van der Waals surface area contributed by atoms with Crippen molar-refractivity contribution in [3.63, 3.8) is 0 Å². The van der Waals surface area contributed by atoms with Gasteiger partial charge in [-0.2, -0.15) is 0 Å². The maximum absolute atomic E-state index is 12.5. The Balaban J connectivity index is 1.48. The predicted molar refractivity (Wildman–Crippen MR) is 94.0 cm³/mol. The Morgan fingerprint density at radius 3 is 2.33 bits per heavy atom. The van der Waals surface area contributed by atoms with Gasteiger partial charge in [0.25, 0.3) is 0 Å². The molecule has 1 aromatic rings. The SMILES string of the molecule is CC[C@]1(O)CCC12CCN(C(=O)CCc1ccc(OC)cc1)CC2. The zero-order valence-electron chi connectivity index (χ0n) is 14.9. The molecule has 3 rings (SSSR count). The minimum atomic E-state index is -0.481. The molecule has 1 heterocycles. The maximum Gasteiger partial charge on any atom is 0.222 e. The lowest BCUT2D eigenvalue weighted by Crippen LogP contribution is -2.61. The average molecular weight is 331 g/mol. The number of likely N-dealkylation sites (tertiary alicyclic amines) is 1. The Hall–Kier alpha value is -1.55. The van der Waals surface area contributed by atoms with E-state index in [1.807, 2.05) is 29.2 Å². The van der Waals surface area contributed by atoms with Gasteiger partial charge >= 0.3 is 0 Å². The summed E-state index contributed by atoms with van der Waals surface area (Å²) in [5, 5.41) is 10.7. The van der Waals surface area contributed by atoms with Crippen LogP contribution in [-0.4, -0.2) is 41.7 Å². The van der Waals surface area contributed by atoms with E-state index in [4.69, 9.17) is 4.74 Å². The maximum atomic E-state index is 12.5. The number of benzene rings is 1. The molecule has 1 N–H and O–H groups in total. The Morgan fingerprint density at radius 1 is 1.17 bits per heavy atom. The number of aryl methyl sites for hydroxylation is 1. The monoisotopic (exact) mass is 331 g/mol. The van der Waals surface area contributed by atoms with Gasteiger partial charge in [-0.3, -0.25) is 4.79 Å². The van der Waals surface area contributed by atoms with Gasteiger partial charge in [-0.05, 0) is 56.2 Å². The van der Waals surface area contributed by atoms with E-state index in [9.17, 15) is 9.90 Å². The number of hydrogen-bond acceptors (Lipinski definition) is 3. The number of hydrogen-bond donors (Lipinski definition) is 1. The second kappa shape index (κ2) is 6.75. The Kier molecular flexibility index (Phi) is 4.86. The van der Waals surface area contributed by atoms with E-state index in [2.05, 4.69) is 6.92 Å². The van der Waals surface area contributed by atoms with Gasteiger partial charge < -0.3 is 14.7 Å². The first-order chi connectivity index (χ1) is 11.5. The Labute approximate surface area is 144 Å². The first kappa shape index (κ1) is 17.3. The van der Waals surface area contributed by atoms with Crippen molar-refractivity contribution in [1.82, 2.24) is 4.90 Å². The van der Waals surface area contributed by atoms with Crippen LogP contribution in [0.15, 0.2) is 24.3 Å². The third-order valence-electron chi connectivity index (χ3n) is 6.45. The minimum absolute atomic E-state index is 0.0779. The molecule has 0 radical (unpaired) electrons. The van der Waals surface area contributed by atoms with E-state index in [-0.39, 0.29) is 11.3 Å². The largest absolute Gasteiger partial charge is 0.497 e. The van der Waals surface area contributed by atoms with Crippen molar-refractivity contribution in [3.05, 3.63) is 29.8 Å². The van der Waals surface area contributed by atoms with E-state index in [0.29, 0.717) is 6.42 Å². The molecule has 0 unspecified atom stereocenters. The molecule has 0 bridgehead atoms. The van der Waals surface area contributed by atoms with Crippen molar-refractivity contribution in [3.8, 4) is 5.75 Å². The molecule has 1 amide bonds. The summed E-state index contributed by atoms with van der Waals surface area (Å²) in [7, 11) is 1.66. The van der Waals surface area contributed by atoms with Crippen LogP contribution in [0.3, 0.4) is 0 Å². The van der Waals surface area contributed by atoms with Crippen LogP contribution >= 0.6 is 0 Å². The molecule has 1 spiro atoms. The van der Waals surface area contributed by atoms with Gasteiger partial charge in [0.15, 0.2) is 0 Å². The lowest BCUT2D eigenvalue weighted by molar-refractivity contribution is -0.192. The van der Waals surface area contributed by atoms with Crippen LogP contribution in [-0.2, 0) is 11.2 Å². The molecule has 4 heteroatoms. The van der Waals surface area contributed by atoms with E-state index in [1.54, 1.807) is 7.11 Å². The van der Waals surface area contributed by atoms with Crippen LogP contribution in [0.25, 0.3) is 0 Å². The minimum Gasteiger partial charge on any atom is -0.497 e. The second-order valence-electron chi connectivity index (χ2n) is 7.39. The van der Waals surface area contributed by atoms with Crippen molar-refractivity contribution in [1.29, 1.82) is 0 Å². The molecule has 2 aliphatic rings. The number of carbonyl (C=O) groups excluding carboxylic acids is 1. The molecule has 24 heavy (non-hydrogen) atoms. The highest BCUT2D eigenvalue weighted by Gasteiger charge is 2.57. The molecule has 1 saturated heterocycles. The number of rotatable bonds is 5. The van der Waals surface area contributed by atoms with Crippen molar-refractivity contribution in [2.75, 3.05) is 20.2 Å². The molecular formula is C20H29NO3. The van der Waals surface area contributed by atoms with Crippen molar-refractivity contribution in [2.24, 2.45) is 5.41 Å². The third-order valence-corrected chi connectivity index (χ3v) is 6.45. The molecule has 1 aliphatic carbocycles. The topological polar surface area (TPSA) is 49.8 Å². The number of nitrogens with zero attached hydrogens (tertiary/aromatic N) is 1. The molecule has 1 atom stereocenters. The predicted octanol–water partition coefficient (Wildman–Crippen LogP) is 3.17. The summed E-state index contributed by atoms with van der Waals surface area (Å²) in [5.74, 6) is 1.08. The molecule has 1 aliphatic heterocycles. The van der Waals surface area contributed by atoms with Gasteiger partial charge in [0.05, 0.1) is 12.7 Å². The summed E-state index contributed by atoms with van der Waals surface area (Å²) < 4.78 is 5.16. The number of carbonyl (C=O) groups is 1. The number of ether oxygens (including phenoxy) is 1. The first-order valence-electron chi connectivity index (χ1n) is 9.15. The van der Waals surface area contributed by atoms with Gasteiger partial charge in [-0.25, -0.2) is 0 Å². The second-order valence-corrected chi connectivity index (χ2v) is 7.39. The molecular weight excluding hydrogens is 302 g/mol. The fourth-order valence-electron chi connectivity index (χ4n) is 4.42. The summed E-state index contributed by atoms with van der Waals surface area (Å²) in [6.45, 7) is 3.67. The zero-order valence-corrected chi connectivity index (χ0v) is 14.9. The highest BCUT2D eigenvalue weighted by atomic mass is 16.5. The number of piperidine rings is 1. The standard InChI is InChI=1S/C20H29NO3/c1-3-20(23)11-10-19(20)12-14-21(15-13-19)18(22)9-6-16-4-7-17(24-2)8-5-16/h4-5,7-8,23H,3,6,9-15H2,1-2H3/t20-/m0/s1. The fourth-order valence-corrected chi connectivity index (χ4v) is 4.42. The number of aliphatic hydroxyl groups is 1. The Morgan fingerprint density at radius 2 is 1.83 bits per heavy atom. The van der Waals surface area contributed by atoms with E-state index >= 15 is 0 Å². The third kappa shape index (κ3) is 3.04. The highest BCUT2D eigenvalue weighted by Crippen LogP contribution is 2.57. The van der Waals surface area contributed by atoms with Gasteiger partial charge in [-0.1, -0.05) is 19.1 Å². The van der Waals surface area contributed by atoms with Crippen LogP contribution in [0.2, 0.25) is 0 Å². The van der Waals surface area contributed by atoms with E-state index < -0.39 is 5.60 Å². The van der Waals surface area contributed by atoms with Crippen LogP contribution in [0, 0.1) is 5.41 Å². The normalized spacial score (nSPS) is 25.4. The molecule has 0 aromatic heterocycles. The van der Waals surface area contributed by atoms with Gasteiger partial charge in [0.2, 0.25) is 5.91 Å². The van der Waals surface area contributed by atoms with Crippen molar-refractivity contribution >= 4 is 5.91 Å². The van der Waals surface area contributed by atoms with E-state index in [0.717, 1.165) is 62.9 Å². The van der Waals surface area contributed by atoms with Gasteiger partial charge in [0, 0.05) is 24.9 Å². The first-order valence-corrected chi connectivity index (χ1v) is 9.15. The summed E-state index contributed by atoms with van der Waals surface area (Å²) in [6, 6.07) is 7.92. The lowest BCUT2D eigenvalue weighted by atomic mass is 9.51. The van der Waals surface area contributed by atoms with Crippen LogP contribution in [0.4, 0.5) is 0 Å². The summed E-state index contributed by atoms with van der Waals surface area (Å²) >= 11 is 0. The van der Waals surface area contributed by atoms with Crippen LogP contribution < -0.4 is 4.74 Å². The molecule has 1 aromatic carbocycles. The summed E-state index contributed by atoms with van der Waals surface area (Å²) in [5.41, 5.74) is 0.761. The van der Waals surface area contributed by atoms with Gasteiger partial charge in [0.1, 0.15) is 5.75 Å². The quantitative estimate of drug-likeness (QED) is 0.901. The smallest absolute Gasteiger partial charge is 0.222 e. The van der Waals surface area contributed by atoms with Gasteiger partial charge in [-0.15, -0.1) is 0 Å². The molecule has 1 saturated carbocycles. The van der Waals surface area contributed by atoms with Crippen LogP contribution in [0.5, 0.6) is 5.75 Å². The lowest BCUT2D eigenvalue weighted by Gasteiger charge is -2.59. The average Bonchev–Trinajstić information content (AvgIpc) is 2.65. The summed E-state index contributed by atoms with van der Waals surface area (Å²) in [4.78, 5) is 14.5. The van der Waals surface area contributed by atoms with Crippen LogP contribution in [0.1, 0.15) is 51.0 Å².